The van der Waals surface area contributed by atoms with Gasteiger partial charge in [0, 0.05) is 36.5 Å². The van der Waals surface area contributed by atoms with Crippen molar-refractivity contribution in [2.75, 3.05) is 23.3 Å². The fraction of sp³-hybridized carbons (Fsp3) is 0.476. The highest BCUT2D eigenvalue weighted by Crippen LogP contribution is 2.30. The zero-order valence-electron chi connectivity index (χ0n) is 16.8. The van der Waals surface area contributed by atoms with Gasteiger partial charge in [0.25, 0.3) is 0 Å². The van der Waals surface area contributed by atoms with E-state index in [2.05, 4.69) is 47.1 Å². The first-order valence-electron chi connectivity index (χ1n) is 10.2. The van der Waals surface area contributed by atoms with Crippen LogP contribution < -0.4 is 15.5 Å². The number of carbonyl (C=O) groups is 1. The van der Waals surface area contributed by atoms with E-state index in [4.69, 9.17) is 9.72 Å². The lowest BCUT2D eigenvalue weighted by atomic mass is 10.1. The van der Waals surface area contributed by atoms with E-state index in [0.717, 1.165) is 41.5 Å². The fourth-order valence-corrected chi connectivity index (χ4v) is 4.03. The second-order valence-electron chi connectivity index (χ2n) is 8.29. The number of rotatable bonds is 4. The minimum absolute atomic E-state index is 0.0289. The van der Waals surface area contributed by atoms with Gasteiger partial charge in [-0.25, -0.2) is 4.98 Å². The van der Waals surface area contributed by atoms with Gasteiger partial charge in [0.2, 0.25) is 5.91 Å². The van der Waals surface area contributed by atoms with Gasteiger partial charge >= 0.3 is 0 Å². The van der Waals surface area contributed by atoms with Crippen molar-refractivity contribution < 1.29 is 9.53 Å². The molecule has 2 saturated heterocycles. The fourth-order valence-electron chi connectivity index (χ4n) is 4.03. The van der Waals surface area contributed by atoms with Crippen LogP contribution in [0, 0.1) is 0 Å². The van der Waals surface area contributed by atoms with Crippen LogP contribution in [-0.2, 0) is 9.53 Å². The Morgan fingerprint density at radius 1 is 1.31 bits per heavy atom. The lowest BCUT2D eigenvalue weighted by Crippen LogP contribution is -2.45. The number of fused-ring (bicyclic) bond motifs is 1. The summed E-state index contributed by atoms with van der Waals surface area (Å²) in [6.45, 7) is 9.73. The van der Waals surface area contributed by atoms with Crippen LogP contribution in [0.4, 0.5) is 11.6 Å². The number of ether oxygens (including phenoxy) is 1. The molecular weight excluding hydrogens is 368 g/mol. The van der Waals surface area contributed by atoms with Gasteiger partial charge in [-0.1, -0.05) is 6.58 Å². The zero-order chi connectivity index (χ0) is 20.1. The Kier molecular flexibility index (Phi) is 4.31. The highest BCUT2D eigenvalue weighted by molar-refractivity contribution is 5.89. The van der Waals surface area contributed by atoms with Crippen LogP contribution in [0.25, 0.3) is 11.7 Å². The predicted molar refractivity (Wildman–Crippen MR) is 112 cm³/mol. The number of nitrogens with one attached hydrogen (secondary N) is 2. The molecule has 0 spiro atoms. The van der Waals surface area contributed by atoms with Gasteiger partial charge in [0.15, 0.2) is 5.65 Å². The molecule has 2 aromatic rings. The van der Waals surface area contributed by atoms with Gasteiger partial charge in [0.1, 0.15) is 11.6 Å². The molecule has 2 aliphatic heterocycles. The molecule has 3 fully saturated rings. The molecule has 5 rings (SSSR count). The Morgan fingerprint density at radius 3 is 2.72 bits per heavy atom. The van der Waals surface area contributed by atoms with E-state index in [1.807, 2.05) is 10.6 Å². The molecule has 29 heavy (non-hydrogen) atoms. The number of allylic oxidation sites excluding steroid dienone is 1. The summed E-state index contributed by atoms with van der Waals surface area (Å²) in [5, 5.41) is 10.9. The molecule has 2 atom stereocenters. The lowest BCUT2D eigenvalue weighted by molar-refractivity contribution is -0.118. The largest absolute Gasteiger partial charge is 0.372 e. The number of nitrogens with zero attached hydrogens (tertiary/aromatic N) is 4. The molecule has 152 valence electrons. The van der Waals surface area contributed by atoms with E-state index in [-0.39, 0.29) is 18.1 Å². The number of amides is 1. The Hall–Kier alpha value is -2.87. The van der Waals surface area contributed by atoms with Crippen molar-refractivity contribution in [3.05, 3.63) is 35.7 Å². The number of hydrogen-bond donors (Lipinski definition) is 2. The Labute approximate surface area is 169 Å². The Morgan fingerprint density at radius 2 is 2.07 bits per heavy atom. The van der Waals surface area contributed by atoms with E-state index >= 15 is 0 Å². The first-order chi connectivity index (χ1) is 14.0. The van der Waals surface area contributed by atoms with Crippen LogP contribution in [-0.4, -0.2) is 51.8 Å². The smallest absolute Gasteiger partial charge is 0.228 e. The highest BCUT2D eigenvalue weighted by Gasteiger charge is 2.27. The van der Waals surface area contributed by atoms with Gasteiger partial charge in [-0.15, -0.1) is 0 Å². The number of anilines is 2. The van der Waals surface area contributed by atoms with Crippen molar-refractivity contribution in [2.24, 2.45) is 0 Å². The molecule has 0 bridgehead atoms. The summed E-state index contributed by atoms with van der Waals surface area (Å²) in [7, 11) is 0. The van der Waals surface area contributed by atoms with Crippen molar-refractivity contribution in [1.29, 1.82) is 0 Å². The first kappa shape index (κ1) is 18.2. The summed E-state index contributed by atoms with van der Waals surface area (Å²) < 4.78 is 7.74. The normalized spacial score (nSPS) is 26.4. The molecule has 1 aliphatic carbocycles. The lowest BCUT2D eigenvalue weighted by Gasteiger charge is -2.36. The molecule has 3 aliphatic rings. The van der Waals surface area contributed by atoms with E-state index < -0.39 is 0 Å². The Balaban J connectivity index is 1.58. The molecule has 8 nitrogen and oxygen atoms in total. The predicted octanol–water partition coefficient (Wildman–Crippen LogP) is 2.33. The second-order valence-corrected chi connectivity index (χ2v) is 8.29. The second kappa shape index (κ2) is 6.88. The minimum atomic E-state index is -0.0289. The molecular formula is C21H26N6O2. The van der Waals surface area contributed by atoms with Crippen LogP contribution in [0.1, 0.15) is 38.7 Å². The van der Waals surface area contributed by atoms with Gasteiger partial charge in [0.05, 0.1) is 24.8 Å². The van der Waals surface area contributed by atoms with Crippen LogP contribution in [0.3, 0.4) is 0 Å². The van der Waals surface area contributed by atoms with Crippen LogP contribution in [0.15, 0.2) is 30.1 Å². The van der Waals surface area contributed by atoms with E-state index in [1.54, 1.807) is 6.20 Å². The average Bonchev–Trinajstić information content (AvgIpc) is 3.29. The first-order valence-corrected chi connectivity index (χ1v) is 10.2. The Bertz CT molecular complexity index is 1010. The van der Waals surface area contributed by atoms with Crippen molar-refractivity contribution in [1.82, 2.24) is 19.9 Å². The maximum absolute atomic E-state index is 11.7. The van der Waals surface area contributed by atoms with Crippen LogP contribution in [0.5, 0.6) is 0 Å². The summed E-state index contributed by atoms with van der Waals surface area (Å²) in [4.78, 5) is 18.9. The molecule has 0 aromatic carbocycles. The standard InChI is InChI=1S/C21H26N6O2/c1-12-10-26(11-13(2)29-12)18-8-19(24-17-4-5-17)27-21(25-18)16(9-22-27)6-15-7-20(28)23-14(15)3/h6,8-9,12-13,17,24H,3-5,7,10-11H2,1-2H3,(H,23,28)/b15-6+. The number of morpholine rings is 1. The van der Waals surface area contributed by atoms with Crippen LogP contribution in [0.2, 0.25) is 0 Å². The molecule has 4 heterocycles. The van der Waals surface area contributed by atoms with Gasteiger partial charge in [-0.2, -0.15) is 9.61 Å². The number of aromatic nitrogens is 3. The molecule has 2 unspecified atom stereocenters. The summed E-state index contributed by atoms with van der Waals surface area (Å²) >= 11 is 0. The molecule has 2 aromatic heterocycles. The minimum Gasteiger partial charge on any atom is -0.372 e. The van der Waals surface area contributed by atoms with Gasteiger partial charge in [-0.05, 0) is 38.3 Å². The van der Waals surface area contributed by atoms with E-state index in [9.17, 15) is 4.79 Å². The maximum atomic E-state index is 11.7. The molecule has 1 amide bonds. The quantitative estimate of drug-likeness (QED) is 0.828. The van der Waals surface area contributed by atoms with E-state index in [1.165, 1.54) is 12.8 Å². The summed E-state index contributed by atoms with van der Waals surface area (Å²) in [6, 6.07) is 2.58. The third-order valence-electron chi connectivity index (χ3n) is 5.52. The average molecular weight is 394 g/mol. The topological polar surface area (TPSA) is 83.8 Å². The van der Waals surface area contributed by atoms with E-state index in [0.29, 0.717) is 18.2 Å². The third kappa shape index (κ3) is 3.60. The highest BCUT2D eigenvalue weighted by atomic mass is 16.5. The van der Waals surface area contributed by atoms with Gasteiger partial charge in [-0.3, -0.25) is 4.79 Å². The van der Waals surface area contributed by atoms with Crippen LogP contribution >= 0.6 is 0 Å². The SMILES string of the molecule is C=C1NC(=O)C/C1=C\c1cnn2c(NC3CC3)cc(N3CC(C)OC(C)C3)nc12. The summed E-state index contributed by atoms with van der Waals surface area (Å²) in [6.07, 6.45) is 6.76. The number of hydrogen-bond acceptors (Lipinski definition) is 6. The van der Waals surface area contributed by atoms with Gasteiger partial charge < -0.3 is 20.3 Å². The monoisotopic (exact) mass is 394 g/mol. The molecule has 8 heteroatoms. The molecule has 0 radical (unpaired) electrons. The van der Waals surface area contributed by atoms with Crippen molar-refractivity contribution >= 4 is 29.3 Å². The van der Waals surface area contributed by atoms with Crippen molar-refractivity contribution in [3.8, 4) is 0 Å². The number of carbonyl (C=O) groups excluding carboxylic acids is 1. The maximum Gasteiger partial charge on any atom is 0.228 e. The third-order valence-corrected chi connectivity index (χ3v) is 5.52. The molecule has 2 N–H and O–H groups in total. The summed E-state index contributed by atoms with van der Waals surface area (Å²) in [5.41, 5.74) is 3.19. The summed E-state index contributed by atoms with van der Waals surface area (Å²) in [5.74, 6) is 1.84. The molecule has 1 saturated carbocycles. The van der Waals surface area contributed by atoms with Crippen molar-refractivity contribution in [2.45, 2.75) is 51.4 Å². The van der Waals surface area contributed by atoms with Crippen molar-refractivity contribution in [3.63, 3.8) is 0 Å². The zero-order valence-corrected chi connectivity index (χ0v) is 16.8.